The summed E-state index contributed by atoms with van der Waals surface area (Å²) in [4.78, 5) is 10.4. The Morgan fingerprint density at radius 2 is 2.06 bits per heavy atom. The molecule has 2 atom stereocenters. The topological polar surface area (TPSA) is 87.0 Å². The molecule has 94 valence electrons. The number of ether oxygens (including phenoxy) is 1. The molecule has 0 aromatic heterocycles. The van der Waals surface area contributed by atoms with Gasteiger partial charge in [0.25, 0.3) is 0 Å². The highest BCUT2D eigenvalue weighted by atomic mass is 79.9. The van der Waals surface area contributed by atoms with Crippen LogP contribution < -0.4 is 0 Å². The molecule has 0 amide bonds. The molecule has 0 bridgehead atoms. The molecule has 0 saturated carbocycles. The summed E-state index contributed by atoms with van der Waals surface area (Å²) in [7, 11) is 0. The van der Waals surface area contributed by atoms with Crippen molar-refractivity contribution in [2.75, 3.05) is 6.61 Å². The monoisotopic (exact) mass is 304 g/mol. The Bertz CT molecular complexity index is 407. The van der Waals surface area contributed by atoms with Crippen molar-refractivity contribution in [2.24, 2.45) is 0 Å². The molecule has 1 rings (SSSR count). The average molecular weight is 305 g/mol. The highest BCUT2D eigenvalue weighted by Crippen LogP contribution is 2.31. The van der Waals surface area contributed by atoms with E-state index in [1.165, 1.54) is 18.2 Å². The fraction of sp³-hybridized carbons (Fsp3) is 0.364. The van der Waals surface area contributed by atoms with Gasteiger partial charge in [-0.3, -0.25) is 4.79 Å². The van der Waals surface area contributed by atoms with Crippen LogP contribution in [0.3, 0.4) is 0 Å². The number of alkyl halides is 1. The molecular weight excluding hydrogens is 292 g/mol. The van der Waals surface area contributed by atoms with Gasteiger partial charge in [0.1, 0.15) is 10.9 Å². The van der Waals surface area contributed by atoms with Crippen LogP contribution in [-0.2, 0) is 9.53 Å². The molecule has 0 fully saturated rings. The molecule has 0 aliphatic heterocycles. The van der Waals surface area contributed by atoms with E-state index in [0.717, 1.165) is 0 Å². The molecule has 5 nitrogen and oxygen atoms in total. The van der Waals surface area contributed by atoms with E-state index >= 15 is 0 Å². The standard InChI is InChI=1S/C11H13BrO5/c1-2-17-11(16)9(12)10(15)6-3-4-7(13)8(14)5-6/h3-5,9-10,13-15H,2H2,1H3/t9-,10-/m1/s1. The molecule has 17 heavy (non-hydrogen) atoms. The van der Waals surface area contributed by atoms with Gasteiger partial charge in [-0.05, 0) is 24.6 Å². The number of hydrogen-bond acceptors (Lipinski definition) is 5. The molecule has 0 aliphatic rings. The lowest BCUT2D eigenvalue weighted by Crippen LogP contribution is -2.24. The lowest BCUT2D eigenvalue weighted by Gasteiger charge is -2.16. The Kier molecular flexibility index (Phi) is 4.77. The molecule has 1 aromatic carbocycles. The average Bonchev–Trinajstić information content (AvgIpc) is 2.31. The minimum Gasteiger partial charge on any atom is -0.504 e. The van der Waals surface area contributed by atoms with E-state index in [4.69, 9.17) is 9.84 Å². The number of phenolic OH excluding ortho intramolecular Hbond substituents is 2. The second kappa shape index (κ2) is 5.88. The van der Waals surface area contributed by atoms with Crippen molar-refractivity contribution >= 4 is 21.9 Å². The third kappa shape index (κ3) is 3.34. The summed E-state index contributed by atoms with van der Waals surface area (Å²) in [6.45, 7) is 1.88. The van der Waals surface area contributed by atoms with E-state index in [9.17, 15) is 15.0 Å². The molecule has 0 radical (unpaired) electrons. The molecule has 3 N–H and O–H groups in total. The van der Waals surface area contributed by atoms with E-state index in [1.54, 1.807) is 6.92 Å². The Hall–Kier alpha value is -1.27. The second-order valence-corrected chi connectivity index (χ2v) is 4.33. The van der Waals surface area contributed by atoms with Gasteiger partial charge in [-0.25, -0.2) is 0 Å². The summed E-state index contributed by atoms with van der Waals surface area (Å²) in [6.07, 6.45) is -1.17. The lowest BCUT2D eigenvalue weighted by atomic mass is 10.1. The molecular formula is C11H13BrO5. The van der Waals surface area contributed by atoms with Crippen molar-refractivity contribution in [3.05, 3.63) is 23.8 Å². The zero-order valence-corrected chi connectivity index (χ0v) is 10.7. The highest BCUT2D eigenvalue weighted by Gasteiger charge is 2.27. The largest absolute Gasteiger partial charge is 0.504 e. The van der Waals surface area contributed by atoms with Crippen molar-refractivity contribution < 1.29 is 24.9 Å². The van der Waals surface area contributed by atoms with Crippen LogP contribution in [0.15, 0.2) is 18.2 Å². The summed E-state index contributed by atoms with van der Waals surface area (Å²) in [6, 6.07) is 3.83. The van der Waals surface area contributed by atoms with Gasteiger partial charge in [0.15, 0.2) is 11.5 Å². The summed E-state index contributed by atoms with van der Waals surface area (Å²) in [5.74, 6) is -1.24. The van der Waals surface area contributed by atoms with Crippen molar-refractivity contribution in [3.8, 4) is 11.5 Å². The third-order valence-electron chi connectivity index (χ3n) is 2.13. The number of carbonyl (C=O) groups excluding carboxylic acids is 1. The number of aliphatic hydroxyl groups is 1. The van der Waals surface area contributed by atoms with Crippen LogP contribution in [0, 0.1) is 0 Å². The number of carbonyl (C=O) groups is 1. The summed E-state index contributed by atoms with van der Waals surface area (Å²) < 4.78 is 4.74. The number of phenols is 2. The molecule has 1 aromatic rings. The Labute approximate surface area is 107 Å². The number of benzene rings is 1. The predicted molar refractivity (Wildman–Crippen MR) is 64.1 cm³/mol. The number of esters is 1. The van der Waals surface area contributed by atoms with Crippen LogP contribution in [0.2, 0.25) is 0 Å². The normalized spacial score (nSPS) is 14.1. The number of aliphatic hydroxyl groups excluding tert-OH is 1. The first kappa shape index (κ1) is 13.8. The molecule has 0 heterocycles. The van der Waals surface area contributed by atoms with Gasteiger partial charge < -0.3 is 20.1 Å². The predicted octanol–water partition coefficient (Wildman–Crippen LogP) is 1.46. The number of rotatable bonds is 4. The van der Waals surface area contributed by atoms with E-state index in [1.807, 2.05) is 0 Å². The molecule has 0 saturated heterocycles. The molecule has 0 unspecified atom stereocenters. The van der Waals surface area contributed by atoms with Crippen LogP contribution in [0.1, 0.15) is 18.6 Å². The smallest absolute Gasteiger partial charge is 0.322 e. The van der Waals surface area contributed by atoms with Crippen LogP contribution in [0.4, 0.5) is 0 Å². The zero-order chi connectivity index (χ0) is 13.0. The molecule has 6 heteroatoms. The minimum atomic E-state index is -1.17. The number of aromatic hydroxyl groups is 2. The number of halogens is 1. The van der Waals surface area contributed by atoms with Crippen LogP contribution in [-0.4, -0.2) is 32.7 Å². The maximum atomic E-state index is 11.4. The minimum absolute atomic E-state index is 0.217. The SMILES string of the molecule is CCOC(=O)[C@H](Br)[C@H](O)c1ccc(O)c(O)c1. The fourth-order valence-corrected chi connectivity index (χ4v) is 1.68. The van der Waals surface area contributed by atoms with E-state index < -0.39 is 16.9 Å². The van der Waals surface area contributed by atoms with Gasteiger partial charge in [0.2, 0.25) is 0 Å². The van der Waals surface area contributed by atoms with Crippen LogP contribution in [0.25, 0.3) is 0 Å². The van der Waals surface area contributed by atoms with Gasteiger partial charge in [0, 0.05) is 0 Å². The second-order valence-electron chi connectivity index (χ2n) is 3.35. The highest BCUT2D eigenvalue weighted by molar-refractivity contribution is 9.10. The Balaban J connectivity index is 2.84. The lowest BCUT2D eigenvalue weighted by molar-refractivity contribution is -0.144. The first-order valence-electron chi connectivity index (χ1n) is 4.98. The van der Waals surface area contributed by atoms with E-state index in [0.29, 0.717) is 5.56 Å². The van der Waals surface area contributed by atoms with Crippen molar-refractivity contribution in [1.82, 2.24) is 0 Å². The maximum absolute atomic E-state index is 11.4. The summed E-state index contributed by atoms with van der Waals surface area (Å²) in [5.41, 5.74) is 0.301. The first-order valence-corrected chi connectivity index (χ1v) is 5.89. The van der Waals surface area contributed by atoms with Gasteiger partial charge >= 0.3 is 5.97 Å². The molecule has 0 spiro atoms. The summed E-state index contributed by atoms with van der Waals surface area (Å²) >= 11 is 3.02. The van der Waals surface area contributed by atoms with Crippen LogP contribution >= 0.6 is 15.9 Å². The number of hydrogen-bond donors (Lipinski definition) is 3. The Morgan fingerprint density at radius 3 is 2.59 bits per heavy atom. The van der Waals surface area contributed by atoms with E-state index in [-0.39, 0.29) is 18.1 Å². The summed E-state index contributed by atoms with van der Waals surface area (Å²) in [5, 5.41) is 28.3. The van der Waals surface area contributed by atoms with Gasteiger partial charge in [-0.1, -0.05) is 22.0 Å². The van der Waals surface area contributed by atoms with Crippen molar-refractivity contribution in [2.45, 2.75) is 17.9 Å². The quantitative estimate of drug-likeness (QED) is 0.445. The maximum Gasteiger partial charge on any atom is 0.322 e. The van der Waals surface area contributed by atoms with Crippen molar-refractivity contribution in [3.63, 3.8) is 0 Å². The first-order chi connectivity index (χ1) is 7.97. The van der Waals surface area contributed by atoms with Gasteiger partial charge in [-0.15, -0.1) is 0 Å². The third-order valence-corrected chi connectivity index (χ3v) is 3.00. The van der Waals surface area contributed by atoms with E-state index in [2.05, 4.69) is 15.9 Å². The Morgan fingerprint density at radius 1 is 1.41 bits per heavy atom. The molecule has 0 aliphatic carbocycles. The fourth-order valence-electron chi connectivity index (χ4n) is 1.24. The van der Waals surface area contributed by atoms with Crippen LogP contribution in [0.5, 0.6) is 11.5 Å². The van der Waals surface area contributed by atoms with Gasteiger partial charge in [0.05, 0.1) is 6.61 Å². The van der Waals surface area contributed by atoms with Crippen molar-refractivity contribution in [1.29, 1.82) is 0 Å². The van der Waals surface area contributed by atoms with Gasteiger partial charge in [-0.2, -0.15) is 0 Å². The zero-order valence-electron chi connectivity index (χ0n) is 9.13.